The van der Waals surface area contributed by atoms with Crippen molar-refractivity contribution >= 4 is 24.1 Å². The first kappa shape index (κ1) is 35.8. The van der Waals surface area contributed by atoms with Crippen LogP contribution in [-0.2, 0) is 14.3 Å². The number of aromatic nitrogens is 2. The number of ether oxygens (including phenoxy) is 3. The van der Waals surface area contributed by atoms with E-state index in [1.54, 1.807) is 0 Å². The van der Waals surface area contributed by atoms with Crippen LogP contribution in [0.2, 0.25) is 0 Å². The SMILES string of the molecule is CC(C)(C)OC(=O)NC1CC2(CC(C=O)C2)C1.CNCC(C)(C)COCC(C)(C)COc1ccc(-c2nnc(SC)o2)cc1. The molecule has 1 aromatic carbocycles. The molecule has 246 valence electrons. The minimum atomic E-state index is -0.440. The van der Waals surface area contributed by atoms with Crippen LogP contribution in [0.4, 0.5) is 4.79 Å². The highest BCUT2D eigenvalue weighted by atomic mass is 32.2. The number of alkyl carbamates (subject to hydrolysis) is 1. The summed E-state index contributed by atoms with van der Waals surface area (Å²) >= 11 is 1.43. The molecular formula is C33H52N4O6S. The lowest BCUT2D eigenvalue weighted by atomic mass is 9.50. The summed E-state index contributed by atoms with van der Waals surface area (Å²) in [5.74, 6) is 1.59. The predicted octanol–water partition coefficient (Wildman–Crippen LogP) is 6.39. The summed E-state index contributed by atoms with van der Waals surface area (Å²) in [4.78, 5) is 22.1. The molecule has 1 heterocycles. The molecule has 0 atom stereocenters. The summed E-state index contributed by atoms with van der Waals surface area (Å²) in [5.41, 5.74) is 0.834. The number of rotatable bonds is 13. The zero-order chi connectivity index (χ0) is 32.6. The fraction of sp³-hybridized carbons (Fsp3) is 0.697. The van der Waals surface area contributed by atoms with Crippen molar-refractivity contribution in [1.82, 2.24) is 20.8 Å². The zero-order valence-electron chi connectivity index (χ0n) is 28.0. The Balaban J connectivity index is 0.000000266. The Morgan fingerprint density at radius 2 is 1.64 bits per heavy atom. The van der Waals surface area contributed by atoms with Crippen molar-refractivity contribution in [2.45, 2.75) is 91.0 Å². The Bertz CT molecular complexity index is 1190. The molecule has 11 heteroatoms. The second kappa shape index (κ2) is 15.1. The van der Waals surface area contributed by atoms with Crippen molar-refractivity contribution in [2.24, 2.45) is 22.2 Å². The van der Waals surface area contributed by atoms with E-state index in [9.17, 15) is 9.59 Å². The lowest BCUT2D eigenvalue weighted by Gasteiger charge is -2.56. The largest absolute Gasteiger partial charge is 0.493 e. The van der Waals surface area contributed by atoms with Crippen LogP contribution in [0, 0.1) is 22.2 Å². The monoisotopic (exact) mass is 632 g/mol. The minimum absolute atomic E-state index is 0.0753. The van der Waals surface area contributed by atoms with Gasteiger partial charge in [-0.05, 0) is 89.4 Å². The summed E-state index contributed by atoms with van der Waals surface area (Å²) < 4.78 is 22.6. The molecule has 10 nitrogen and oxygen atoms in total. The average Bonchev–Trinajstić information content (AvgIpc) is 3.37. The molecule has 0 unspecified atom stereocenters. The number of thioether (sulfide) groups is 1. The standard InChI is InChI=1S/C20H31N3O3S.C13H21NO3/c1-19(2,11-21-5)12-24-13-20(3,4)14-25-16-9-7-15(8-10-16)17-22-23-18(26-17)27-6;1-12(2,3)17-11(16)14-10-6-13(7-10)4-9(5-13)8-15/h7-10,21H,11-14H2,1-6H3;8-10H,4-7H2,1-3H3,(H,14,16). The van der Waals surface area contributed by atoms with Crippen LogP contribution in [0.15, 0.2) is 33.9 Å². The Labute approximate surface area is 267 Å². The molecule has 0 radical (unpaired) electrons. The second-order valence-electron chi connectivity index (χ2n) is 14.8. The van der Waals surface area contributed by atoms with Crippen LogP contribution in [0.1, 0.15) is 74.1 Å². The zero-order valence-corrected chi connectivity index (χ0v) is 28.8. The first-order chi connectivity index (χ1) is 20.6. The minimum Gasteiger partial charge on any atom is -0.493 e. The first-order valence-electron chi connectivity index (χ1n) is 15.3. The molecule has 0 saturated heterocycles. The van der Waals surface area contributed by atoms with Gasteiger partial charge in [0, 0.05) is 34.9 Å². The first-order valence-corrected chi connectivity index (χ1v) is 16.6. The third-order valence-corrected chi connectivity index (χ3v) is 8.13. The molecule has 44 heavy (non-hydrogen) atoms. The highest BCUT2D eigenvalue weighted by Crippen LogP contribution is 2.58. The summed E-state index contributed by atoms with van der Waals surface area (Å²) in [7, 11) is 1.96. The lowest BCUT2D eigenvalue weighted by molar-refractivity contribution is -0.124. The van der Waals surface area contributed by atoms with E-state index >= 15 is 0 Å². The van der Waals surface area contributed by atoms with Crippen LogP contribution in [0.25, 0.3) is 11.5 Å². The molecule has 2 fully saturated rings. The Morgan fingerprint density at radius 3 is 2.18 bits per heavy atom. The van der Waals surface area contributed by atoms with Gasteiger partial charge >= 0.3 is 6.09 Å². The summed E-state index contributed by atoms with van der Waals surface area (Å²) in [6.45, 7) is 17.1. The molecule has 0 aliphatic heterocycles. The Hall–Kier alpha value is -2.63. The van der Waals surface area contributed by atoms with Gasteiger partial charge in [-0.2, -0.15) is 0 Å². The van der Waals surface area contributed by atoms with E-state index < -0.39 is 5.60 Å². The van der Waals surface area contributed by atoms with E-state index in [4.69, 9.17) is 18.6 Å². The molecule has 2 aliphatic carbocycles. The van der Waals surface area contributed by atoms with Crippen molar-refractivity contribution in [2.75, 3.05) is 39.7 Å². The van der Waals surface area contributed by atoms with Gasteiger partial charge in [0.25, 0.3) is 5.22 Å². The maximum absolute atomic E-state index is 11.5. The van der Waals surface area contributed by atoms with Gasteiger partial charge in [0.05, 0.1) is 19.8 Å². The van der Waals surface area contributed by atoms with E-state index in [1.807, 2.05) is 58.3 Å². The van der Waals surface area contributed by atoms with E-state index in [0.717, 1.165) is 49.8 Å². The third-order valence-electron chi connectivity index (χ3n) is 7.62. The number of nitrogens with zero attached hydrogens (tertiary/aromatic N) is 2. The maximum Gasteiger partial charge on any atom is 0.407 e. The predicted molar refractivity (Wildman–Crippen MR) is 173 cm³/mol. The molecule has 1 amide bonds. The van der Waals surface area contributed by atoms with E-state index in [0.29, 0.717) is 36.3 Å². The number of carbonyl (C=O) groups excluding carboxylic acids is 2. The van der Waals surface area contributed by atoms with Crippen molar-refractivity contribution in [3.8, 4) is 17.2 Å². The second-order valence-corrected chi connectivity index (χ2v) is 15.6. The molecule has 4 rings (SSSR count). The van der Waals surface area contributed by atoms with Crippen LogP contribution in [-0.4, -0.2) is 73.9 Å². The van der Waals surface area contributed by atoms with Crippen molar-refractivity contribution < 1.29 is 28.2 Å². The normalized spacial score (nSPS) is 21.4. The molecule has 2 aliphatic rings. The summed E-state index contributed by atoms with van der Waals surface area (Å²) in [6, 6.07) is 7.93. The van der Waals surface area contributed by atoms with Gasteiger partial charge in [-0.15, -0.1) is 10.2 Å². The molecule has 1 aromatic heterocycles. The van der Waals surface area contributed by atoms with Gasteiger partial charge in [0.15, 0.2) is 0 Å². The highest BCUT2D eigenvalue weighted by Gasteiger charge is 2.53. The van der Waals surface area contributed by atoms with Crippen LogP contribution in [0.3, 0.4) is 0 Å². The molecule has 2 N–H and O–H groups in total. The van der Waals surface area contributed by atoms with Crippen LogP contribution < -0.4 is 15.4 Å². The summed E-state index contributed by atoms with van der Waals surface area (Å²) in [5, 5.41) is 14.6. The fourth-order valence-electron chi connectivity index (χ4n) is 5.60. The summed E-state index contributed by atoms with van der Waals surface area (Å²) in [6.07, 6.45) is 6.63. The van der Waals surface area contributed by atoms with Crippen molar-refractivity contribution in [3.05, 3.63) is 24.3 Å². The number of amides is 1. The number of carbonyl (C=O) groups is 2. The number of hydrogen-bond acceptors (Lipinski definition) is 10. The Kier molecular flexibility index (Phi) is 12.3. The number of hydrogen-bond donors (Lipinski definition) is 2. The van der Waals surface area contributed by atoms with Crippen LogP contribution >= 0.6 is 11.8 Å². The molecule has 0 bridgehead atoms. The van der Waals surface area contributed by atoms with Gasteiger partial charge in [-0.25, -0.2) is 4.79 Å². The number of aldehydes is 1. The lowest BCUT2D eigenvalue weighted by Crippen LogP contribution is -2.56. The topological polar surface area (TPSA) is 125 Å². The quantitative estimate of drug-likeness (QED) is 0.189. The van der Waals surface area contributed by atoms with E-state index in [-0.39, 0.29) is 28.9 Å². The maximum atomic E-state index is 11.5. The third kappa shape index (κ3) is 11.4. The van der Waals surface area contributed by atoms with Gasteiger partial charge in [0.1, 0.15) is 17.6 Å². The van der Waals surface area contributed by atoms with Crippen molar-refractivity contribution in [1.29, 1.82) is 0 Å². The smallest absolute Gasteiger partial charge is 0.407 e. The Morgan fingerprint density at radius 1 is 1.00 bits per heavy atom. The molecule has 1 spiro atoms. The number of nitrogens with one attached hydrogen (secondary N) is 2. The molecule has 2 saturated carbocycles. The fourth-order valence-corrected chi connectivity index (χ4v) is 5.88. The van der Waals surface area contributed by atoms with Gasteiger partial charge < -0.3 is 34.1 Å². The molecular weight excluding hydrogens is 580 g/mol. The van der Waals surface area contributed by atoms with Gasteiger partial charge in [-0.3, -0.25) is 0 Å². The molecule has 2 aromatic rings. The van der Waals surface area contributed by atoms with E-state index in [1.165, 1.54) is 11.8 Å². The number of benzene rings is 1. The highest BCUT2D eigenvalue weighted by molar-refractivity contribution is 7.98. The van der Waals surface area contributed by atoms with Gasteiger partial charge in [-0.1, -0.05) is 39.5 Å². The van der Waals surface area contributed by atoms with Crippen LogP contribution in [0.5, 0.6) is 5.75 Å². The average molecular weight is 633 g/mol. The van der Waals surface area contributed by atoms with Gasteiger partial charge in [0.2, 0.25) is 5.89 Å². The van der Waals surface area contributed by atoms with E-state index in [2.05, 4.69) is 48.5 Å². The van der Waals surface area contributed by atoms with Crippen molar-refractivity contribution in [3.63, 3.8) is 0 Å².